The van der Waals surface area contributed by atoms with E-state index in [1.54, 1.807) is 0 Å². The Bertz CT molecular complexity index is 1040. The van der Waals surface area contributed by atoms with Crippen LogP contribution in [0.1, 0.15) is 0 Å². The number of benzene rings is 3. The lowest BCUT2D eigenvalue weighted by molar-refractivity contribution is 1.49. The summed E-state index contributed by atoms with van der Waals surface area (Å²) in [7, 11) is 0. The molecule has 0 fully saturated rings. The van der Waals surface area contributed by atoms with Crippen molar-refractivity contribution in [2.24, 2.45) is 9.98 Å². The monoisotopic (exact) mass is 364 g/mol. The lowest BCUT2D eigenvalue weighted by Crippen LogP contribution is -1.99. The second kappa shape index (κ2) is 8.18. The summed E-state index contributed by atoms with van der Waals surface area (Å²) in [5.41, 5.74) is 12.1. The van der Waals surface area contributed by atoms with Crippen molar-refractivity contribution in [3.8, 4) is 0 Å². The minimum absolute atomic E-state index is 0.752. The zero-order chi connectivity index (χ0) is 19.2. The van der Waals surface area contributed by atoms with Crippen molar-refractivity contribution in [2.45, 2.75) is 0 Å². The maximum absolute atomic E-state index is 5.71. The SMILES string of the molecule is Nc1ccc(Nc2ccc(N=C3C=CC(=Nc4ccccc4)C=C3)cc2)cc1. The first-order valence-electron chi connectivity index (χ1n) is 9.06. The molecule has 1 aliphatic carbocycles. The Morgan fingerprint density at radius 1 is 0.536 bits per heavy atom. The Hall–Kier alpha value is -3.92. The summed E-state index contributed by atoms with van der Waals surface area (Å²) in [6.07, 6.45) is 7.90. The smallest absolute Gasteiger partial charge is 0.0638 e. The molecule has 0 radical (unpaired) electrons. The summed E-state index contributed by atoms with van der Waals surface area (Å²) in [6, 6.07) is 25.6. The number of allylic oxidation sites excluding steroid dienone is 4. The first-order chi connectivity index (χ1) is 13.7. The van der Waals surface area contributed by atoms with Gasteiger partial charge in [0.05, 0.1) is 22.8 Å². The molecule has 0 aliphatic heterocycles. The van der Waals surface area contributed by atoms with Crippen molar-refractivity contribution in [1.82, 2.24) is 0 Å². The molecule has 136 valence electrons. The van der Waals surface area contributed by atoms with Crippen molar-refractivity contribution in [3.05, 3.63) is 103 Å². The van der Waals surface area contributed by atoms with Crippen LogP contribution in [0.4, 0.5) is 28.4 Å². The number of anilines is 3. The number of para-hydroxylation sites is 1. The summed E-state index contributed by atoms with van der Waals surface area (Å²) in [6.45, 7) is 0. The maximum atomic E-state index is 5.71. The molecule has 28 heavy (non-hydrogen) atoms. The molecule has 0 bridgehead atoms. The van der Waals surface area contributed by atoms with Crippen LogP contribution in [0.15, 0.2) is 113 Å². The minimum atomic E-state index is 0.752. The second-order valence-corrected chi connectivity index (χ2v) is 6.37. The first-order valence-corrected chi connectivity index (χ1v) is 9.06. The van der Waals surface area contributed by atoms with E-state index < -0.39 is 0 Å². The summed E-state index contributed by atoms with van der Waals surface area (Å²) < 4.78 is 0. The molecule has 4 rings (SSSR count). The summed E-state index contributed by atoms with van der Waals surface area (Å²) in [5.74, 6) is 0. The fourth-order valence-electron chi connectivity index (χ4n) is 2.75. The van der Waals surface area contributed by atoms with E-state index in [0.29, 0.717) is 0 Å². The number of nitrogens with zero attached hydrogens (tertiary/aromatic N) is 2. The van der Waals surface area contributed by atoms with Gasteiger partial charge in [0, 0.05) is 17.1 Å². The average Bonchev–Trinajstić information content (AvgIpc) is 2.73. The zero-order valence-electron chi connectivity index (χ0n) is 15.3. The van der Waals surface area contributed by atoms with Gasteiger partial charge < -0.3 is 11.1 Å². The third-order valence-corrected chi connectivity index (χ3v) is 4.19. The van der Waals surface area contributed by atoms with Gasteiger partial charge in [-0.05, 0) is 85.0 Å². The van der Waals surface area contributed by atoms with E-state index in [4.69, 9.17) is 5.73 Å². The van der Waals surface area contributed by atoms with Crippen molar-refractivity contribution in [3.63, 3.8) is 0 Å². The highest BCUT2D eigenvalue weighted by Gasteiger charge is 2.01. The van der Waals surface area contributed by atoms with Crippen LogP contribution in [0.3, 0.4) is 0 Å². The van der Waals surface area contributed by atoms with Crippen LogP contribution in [0.5, 0.6) is 0 Å². The van der Waals surface area contributed by atoms with E-state index in [9.17, 15) is 0 Å². The second-order valence-electron chi connectivity index (χ2n) is 6.37. The van der Waals surface area contributed by atoms with Crippen molar-refractivity contribution in [2.75, 3.05) is 11.1 Å². The predicted octanol–water partition coefficient (Wildman–Crippen LogP) is 5.98. The number of nitrogens with two attached hydrogens (primary N) is 1. The lowest BCUT2D eigenvalue weighted by Gasteiger charge is -2.07. The molecule has 0 saturated heterocycles. The van der Waals surface area contributed by atoms with E-state index in [2.05, 4.69) is 15.3 Å². The van der Waals surface area contributed by atoms with Crippen LogP contribution in [0.25, 0.3) is 0 Å². The van der Waals surface area contributed by atoms with Crippen molar-refractivity contribution in [1.29, 1.82) is 0 Å². The Labute approximate surface area is 164 Å². The molecule has 1 aliphatic rings. The molecule has 0 amide bonds. The number of hydrogen-bond donors (Lipinski definition) is 2. The highest BCUT2D eigenvalue weighted by Crippen LogP contribution is 2.22. The van der Waals surface area contributed by atoms with Gasteiger partial charge in [-0.3, -0.25) is 0 Å². The summed E-state index contributed by atoms with van der Waals surface area (Å²) in [4.78, 5) is 9.25. The van der Waals surface area contributed by atoms with Crippen LogP contribution < -0.4 is 11.1 Å². The van der Waals surface area contributed by atoms with Gasteiger partial charge in [-0.1, -0.05) is 18.2 Å². The summed E-state index contributed by atoms with van der Waals surface area (Å²) in [5, 5.41) is 3.34. The van der Waals surface area contributed by atoms with Gasteiger partial charge in [-0.2, -0.15) is 0 Å². The van der Waals surface area contributed by atoms with Gasteiger partial charge in [0.15, 0.2) is 0 Å². The van der Waals surface area contributed by atoms with Crippen LogP contribution in [-0.2, 0) is 0 Å². The van der Waals surface area contributed by atoms with Crippen molar-refractivity contribution < 1.29 is 0 Å². The van der Waals surface area contributed by atoms with Gasteiger partial charge in [-0.15, -0.1) is 0 Å². The third kappa shape index (κ3) is 4.62. The molecular formula is C24H20N4. The highest BCUT2D eigenvalue weighted by molar-refractivity contribution is 6.19. The highest BCUT2D eigenvalue weighted by atomic mass is 14.9. The number of rotatable bonds is 4. The largest absolute Gasteiger partial charge is 0.399 e. The van der Waals surface area contributed by atoms with Gasteiger partial charge in [0.25, 0.3) is 0 Å². The van der Waals surface area contributed by atoms with Crippen LogP contribution in [0, 0.1) is 0 Å². The fraction of sp³-hybridized carbons (Fsp3) is 0. The van der Waals surface area contributed by atoms with Crippen molar-refractivity contribution >= 4 is 39.9 Å². The van der Waals surface area contributed by atoms with E-state index in [-0.39, 0.29) is 0 Å². The molecular weight excluding hydrogens is 344 g/mol. The Kier molecular flexibility index (Phi) is 5.11. The standard InChI is InChI=1S/C24H20N4/c25-18-6-8-20(9-7-18)27-22-14-16-24(17-15-22)28-23-12-10-21(11-13-23)26-19-4-2-1-3-5-19/h1-17,27H,25H2. The predicted molar refractivity (Wildman–Crippen MR) is 119 cm³/mol. The van der Waals surface area contributed by atoms with Gasteiger partial charge in [0.2, 0.25) is 0 Å². The number of nitrogens with one attached hydrogen (secondary N) is 1. The average molecular weight is 364 g/mol. The molecule has 0 spiro atoms. The molecule has 4 heteroatoms. The number of nitrogen functional groups attached to an aromatic ring is 1. The fourth-order valence-corrected chi connectivity index (χ4v) is 2.75. The molecule has 0 aromatic heterocycles. The molecule has 3 N–H and O–H groups in total. The number of hydrogen-bond acceptors (Lipinski definition) is 4. The molecule has 4 nitrogen and oxygen atoms in total. The normalized spacial score (nSPS) is 12.7. The molecule has 0 saturated carbocycles. The van der Waals surface area contributed by atoms with Crippen LogP contribution in [-0.4, -0.2) is 11.4 Å². The topological polar surface area (TPSA) is 62.8 Å². The first kappa shape index (κ1) is 17.5. The lowest BCUT2D eigenvalue weighted by atomic mass is 10.1. The molecule has 0 unspecified atom stereocenters. The quantitative estimate of drug-likeness (QED) is 0.441. The van der Waals surface area contributed by atoms with E-state index in [1.165, 1.54) is 0 Å². The zero-order valence-corrected chi connectivity index (χ0v) is 15.3. The molecule has 3 aromatic carbocycles. The van der Waals surface area contributed by atoms with Crippen LogP contribution in [0.2, 0.25) is 0 Å². The third-order valence-electron chi connectivity index (χ3n) is 4.19. The molecule has 3 aromatic rings. The Morgan fingerprint density at radius 3 is 1.54 bits per heavy atom. The van der Waals surface area contributed by atoms with Gasteiger partial charge in [0.1, 0.15) is 0 Å². The maximum Gasteiger partial charge on any atom is 0.0638 e. The minimum Gasteiger partial charge on any atom is -0.399 e. The molecule has 0 heterocycles. The van der Waals surface area contributed by atoms with Gasteiger partial charge >= 0.3 is 0 Å². The van der Waals surface area contributed by atoms with Crippen LogP contribution >= 0.6 is 0 Å². The van der Waals surface area contributed by atoms with E-state index >= 15 is 0 Å². The Morgan fingerprint density at radius 2 is 1.00 bits per heavy atom. The Balaban J connectivity index is 1.42. The summed E-state index contributed by atoms with van der Waals surface area (Å²) >= 11 is 0. The van der Waals surface area contributed by atoms with E-state index in [1.807, 2.05) is 103 Å². The number of aliphatic imine (C=N–C) groups is 2. The molecule has 0 atom stereocenters. The van der Waals surface area contributed by atoms with E-state index in [0.717, 1.165) is 39.9 Å². The van der Waals surface area contributed by atoms with Gasteiger partial charge in [-0.25, -0.2) is 9.98 Å².